The lowest BCUT2D eigenvalue weighted by Gasteiger charge is -2.17. The summed E-state index contributed by atoms with van der Waals surface area (Å²) in [7, 11) is 0. The highest BCUT2D eigenvalue weighted by atomic mass is 79.9. The normalized spacial score (nSPS) is 11.5. The number of hydrogen-bond acceptors (Lipinski definition) is 0. The third-order valence-corrected chi connectivity index (χ3v) is 6.81. The third-order valence-electron chi connectivity index (χ3n) is 5.96. The average Bonchev–Trinajstić information content (AvgIpc) is 2.75. The van der Waals surface area contributed by atoms with E-state index in [0.29, 0.717) is 0 Å². The summed E-state index contributed by atoms with van der Waals surface area (Å²) in [4.78, 5) is 0. The Morgan fingerprint density at radius 1 is 0.607 bits per heavy atom. The Labute approximate surface area is 173 Å². The van der Waals surface area contributed by atoms with Gasteiger partial charge < -0.3 is 0 Å². The minimum Gasteiger partial charge on any atom is -0.0616 e. The third kappa shape index (κ3) is 2.50. The van der Waals surface area contributed by atoms with Crippen molar-refractivity contribution in [3.63, 3.8) is 0 Å². The summed E-state index contributed by atoms with van der Waals surface area (Å²) < 4.78 is 1.17. The van der Waals surface area contributed by atoms with Gasteiger partial charge in [-0.15, -0.1) is 0 Å². The van der Waals surface area contributed by atoms with E-state index in [9.17, 15) is 0 Å². The van der Waals surface area contributed by atoms with Crippen LogP contribution in [-0.4, -0.2) is 0 Å². The van der Waals surface area contributed by atoms with Crippen LogP contribution in [0.25, 0.3) is 43.4 Å². The SMILES string of the molecule is CCc1ccc2c(-c3c4ccccc4c(Br)c4ccccc34)cccc2c1C. The fourth-order valence-electron chi connectivity index (χ4n) is 4.52. The van der Waals surface area contributed by atoms with Crippen LogP contribution in [0, 0.1) is 6.92 Å². The highest BCUT2D eigenvalue weighted by molar-refractivity contribution is 9.10. The van der Waals surface area contributed by atoms with Gasteiger partial charge in [-0.2, -0.15) is 0 Å². The van der Waals surface area contributed by atoms with E-state index >= 15 is 0 Å². The predicted molar refractivity (Wildman–Crippen MR) is 126 cm³/mol. The molecule has 0 aliphatic carbocycles. The molecule has 5 rings (SSSR count). The van der Waals surface area contributed by atoms with Crippen molar-refractivity contribution in [2.45, 2.75) is 20.3 Å². The zero-order valence-electron chi connectivity index (χ0n) is 16.1. The van der Waals surface area contributed by atoms with Gasteiger partial charge in [0.05, 0.1) is 0 Å². The van der Waals surface area contributed by atoms with Crippen molar-refractivity contribution >= 4 is 48.2 Å². The molecule has 0 unspecified atom stereocenters. The van der Waals surface area contributed by atoms with Crippen LogP contribution in [0.3, 0.4) is 0 Å². The molecule has 5 aromatic carbocycles. The molecule has 0 saturated heterocycles. The number of halogens is 1. The predicted octanol–water partition coefficient (Wildman–Crippen LogP) is 8.45. The molecule has 1 heteroatoms. The number of fused-ring (bicyclic) bond motifs is 3. The molecule has 0 bridgehead atoms. The van der Waals surface area contributed by atoms with E-state index in [-0.39, 0.29) is 0 Å². The molecule has 0 spiro atoms. The monoisotopic (exact) mass is 424 g/mol. The molecule has 0 aliphatic heterocycles. The summed E-state index contributed by atoms with van der Waals surface area (Å²) in [5, 5.41) is 7.78. The van der Waals surface area contributed by atoms with Gasteiger partial charge in [0.2, 0.25) is 0 Å². The molecule has 0 atom stereocenters. The quantitative estimate of drug-likeness (QED) is 0.249. The molecule has 0 heterocycles. The molecular weight excluding hydrogens is 404 g/mol. The topological polar surface area (TPSA) is 0 Å². The summed E-state index contributed by atoms with van der Waals surface area (Å²) in [5.74, 6) is 0. The van der Waals surface area contributed by atoms with Crippen molar-refractivity contribution in [1.29, 1.82) is 0 Å². The summed E-state index contributed by atoms with van der Waals surface area (Å²) in [6.07, 6.45) is 1.07. The van der Waals surface area contributed by atoms with Gasteiger partial charge in [0, 0.05) is 4.47 Å². The van der Waals surface area contributed by atoms with Crippen LogP contribution in [0.1, 0.15) is 18.1 Å². The molecule has 28 heavy (non-hydrogen) atoms. The maximum Gasteiger partial charge on any atom is 0.0332 e. The Hall–Kier alpha value is -2.64. The average molecular weight is 425 g/mol. The first-order valence-corrected chi connectivity index (χ1v) is 10.6. The van der Waals surface area contributed by atoms with Crippen LogP contribution in [-0.2, 0) is 6.42 Å². The Balaban J connectivity index is 2.00. The maximum absolute atomic E-state index is 3.87. The first-order chi connectivity index (χ1) is 13.7. The van der Waals surface area contributed by atoms with Crippen molar-refractivity contribution in [3.05, 3.63) is 94.5 Å². The number of benzene rings is 5. The molecule has 0 N–H and O–H groups in total. The van der Waals surface area contributed by atoms with Gasteiger partial charge in [-0.25, -0.2) is 0 Å². The standard InChI is InChI=1S/C27H21Br/c1-3-18-15-16-20-19(17(18)2)13-8-14-21(20)26-22-9-4-6-11-24(22)27(28)25-12-7-5-10-23(25)26/h4-16H,3H2,1-2H3. The van der Waals surface area contributed by atoms with Crippen LogP contribution >= 0.6 is 15.9 Å². The van der Waals surface area contributed by atoms with Gasteiger partial charge in [-0.05, 0) is 83.8 Å². The Morgan fingerprint density at radius 3 is 1.79 bits per heavy atom. The van der Waals surface area contributed by atoms with Gasteiger partial charge in [-0.1, -0.05) is 85.8 Å². The van der Waals surface area contributed by atoms with Crippen molar-refractivity contribution in [2.75, 3.05) is 0 Å². The van der Waals surface area contributed by atoms with Crippen LogP contribution < -0.4 is 0 Å². The van der Waals surface area contributed by atoms with E-state index in [0.717, 1.165) is 6.42 Å². The smallest absolute Gasteiger partial charge is 0.0332 e. The van der Waals surface area contributed by atoms with E-state index < -0.39 is 0 Å². The Morgan fingerprint density at radius 2 is 1.18 bits per heavy atom. The number of aryl methyl sites for hydroxylation is 2. The van der Waals surface area contributed by atoms with Crippen molar-refractivity contribution in [3.8, 4) is 11.1 Å². The fraction of sp³-hybridized carbons (Fsp3) is 0.111. The van der Waals surface area contributed by atoms with E-state index in [2.05, 4.69) is 109 Å². The number of rotatable bonds is 2. The second-order valence-electron chi connectivity index (χ2n) is 7.38. The van der Waals surface area contributed by atoms with Crippen LogP contribution in [0.4, 0.5) is 0 Å². The second-order valence-corrected chi connectivity index (χ2v) is 8.18. The van der Waals surface area contributed by atoms with Gasteiger partial charge in [0.15, 0.2) is 0 Å². The minimum absolute atomic E-state index is 1.07. The molecule has 0 fully saturated rings. The van der Waals surface area contributed by atoms with Crippen molar-refractivity contribution < 1.29 is 0 Å². The molecule has 136 valence electrons. The number of hydrogen-bond donors (Lipinski definition) is 0. The van der Waals surface area contributed by atoms with Crippen LogP contribution in [0.2, 0.25) is 0 Å². The zero-order valence-corrected chi connectivity index (χ0v) is 17.7. The van der Waals surface area contributed by atoms with Crippen LogP contribution in [0.5, 0.6) is 0 Å². The summed E-state index contributed by atoms with van der Waals surface area (Å²) in [6.45, 7) is 4.48. The van der Waals surface area contributed by atoms with E-state index in [1.807, 2.05) is 0 Å². The molecule has 5 aromatic rings. The molecule has 0 aliphatic rings. The molecule has 0 radical (unpaired) electrons. The van der Waals surface area contributed by atoms with Gasteiger partial charge in [0.1, 0.15) is 0 Å². The van der Waals surface area contributed by atoms with Gasteiger partial charge in [-0.3, -0.25) is 0 Å². The van der Waals surface area contributed by atoms with Gasteiger partial charge in [0.25, 0.3) is 0 Å². The summed E-state index contributed by atoms with van der Waals surface area (Å²) >= 11 is 3.87. The summed E-state index contributed by atoms with van der Waals surface area (Å²) in [6, 6.07) is 28.8. The van der Waals surface area contributed by atoms with Gasteiger partial charge >= 0.3 is 0 Å². The summed E-state index contributed by atoms with van der Waals surface area (Å²) in [5.41, 5.74) is 5.45. The molecule has 0 aromatic heterocycles. The highest BCUT2D eigenvalue weighted by Crippen LogP contribution is 2.43. The largest absolute Gasteiger partial charge is 0.0616 e. The van der Waals surface area contributed by atoms with Crippen LogP contribution in [0.15, 0.2) is 83.3 Å². The molecule has 0 saturated carbocycles. The first kappa shape index (κ1) is 17.5. The molecular formula is C27H21Br. The zero-order chi connectivity index (χ0) is 19.3. The first-order valence-electron chi connectivity index (χ1n) is 9.81. The minimum atomic E-state index is 1.07. The molecule has 0 amide bonds. The fourth-order valence-corrected chi connectivity index (χ4v) is 5.21. The second kappa shape index (κ2) is 6.76. The van der Waals surface area contributed by atoms with Crippen molar-refractivity contribution in [1.82, 2.24) is 0 Å². The van der Waals surface area contributed by atoms with E-state index in [1.165, 1.54) is 59.0 Å². The lowest BCUT2D eigenvalue weighted by atomic mass is 9.88. The lowest BCUT2D eigenvalue weighted by Crippen LogP contribution is -1.92. The molecule has 0 nitrogen and oxygen atoms in total. The Bertz CT molecular complexity index is 1300. The lowest BCUT2D eigenvalue weighted by molar-refractivity contribution is 1.12. The van der Waals surface area contributed by atoms with E-state index in [4.69, 9.17) is 0 Å². The van der Waals surface area contributed by atoms with E-state index in [1.54, 1.807) is 0 Å². The van der Waals surface area contributed by atoms with Crippen molar-refractivity contribution in [2.24, 2.45) is 0 Å². The maximum atomic E-state index is 3.87. The highest BCUT2D eigenvalue weighted by Gasteiger charge is 2.16. The Kier molecular flexibility index (Phi) is 4.21.